The first-order chi connectivity index (χ1) is 12.6. The molecule has 0 aliphatic heterocycles. The fourth-order valence-electron chi connectivity index (χ4n) is 2.57. The first kappa shape index (κ1) is 17.4. The number of Topliss-reactive ketones (excluding diaryl/α,β-unsaturated/α-hetero) is 1. The van der Waals surface area contributed by atoms with E-state index in [1.165, 1.54) is 6.92 Å². The van der Waals surface area contributed by atoms with E-state index in [1.54, 1.807) is 36.8 Å². The molecule has 0 bridgehead atoms. The van der Waals surface area contributed by atoms with Crippen molar-refractivity contribution < 1.29 is 9.59 Å². The highest BCUT2D eigenvalue weighted by molar-refractivity contribution is 5.95. The molecule has 0 saturated heterocycles. The molecule has 1 heterocycles. The number of amides is 2. The van der Waals surface area contributed by atoms with E-state index in [1.807, 2.05) is 29.0 Å². The number of imidazole rings is 1. The average molecular weight is 348 g/mol. The Morgan fingerprint density at radius 3 is 2.54 bits per heavy atom. The number of hydrogen-bond donors (Lipinski definition) is 2. The van der Waals surface area contributed by atoms with Crippen LogP contribution in [0.2, 0.25) is 0 Å². The van der Waals surface area contributed by atoms with Crippen molar-refractivity contribution in [3.63, 3.8) is 0 Å². The third-order valence-electron chi connectivity index (χ3n) is 3.92. The second-order valence-corrected chi connectivity index (χ2v) is 6.00. The van der Waals surface area contributed by atoms with Crippen LogP contribution < -0.4 is 10.6 Å². The van der Waals surface area contributed by atoms with Gasteiger partial charge >= 0.3 is 6.03 Å². The van der Waals surface area contributed by atoms with Crippen molar-refractivity contribution in [1.29, 1.82) is 0 Å². The molecule has 132 valence electrons. The minimum absolute atomic E-state index is 0.00317. The van der Waals surface area contributed by atoms with Gasteiger partial charge < -0.3 is 15.2 Å². The summed E-state index contributed by atoms with van der Waals surface area (Å²) in [4.78, 5) is 27.3. The zero-order valence-corrected chi connectivity index (χ0v) is 14.5. The number of aromatic nitrogens is 2. The Morgan fingerprint density at radius 1 is 1.08 bits per heavy atom. The van der Waals surface area contributed by atoms with Crippen LogP contribution in [-0.2, 0) is 13.1 Å². The van der Waals surface area contributed by atoms with Crippen LogP contribution in [0, 0.1) is 0 Å². The van der Waals surface area contributed by atoms with Crippen LogP contribution in [0.15, 0.2) is 67.3 Å². The van der Waals surface area contributed by atoms with Gasteiger partial charge in [-0.1, -0.05) is 24.3 Å². The van der Waals surface area contributed by atoms with Crippen molar-refractivity contribution >= 4 is 17.5 Å². The Bertz CT molecular complexity index is 886. The summed E-state index contributed by atoms with van der Waals surface area (Å²) >= 11 is 0. The third kappa shape index (κ3) is 4.80. The molecule has 2 aromatic carbocycles. The SMILES string of the molecule is CC(=O)c1ccc(NC(=O)NCc2cccc(Cn3ccnc3)c2)cc1. The summed E-state index contributed by atoms with van der Waals surface area (Å²) in [6.45, 7) is 2.67. The van der Waals surface area contributed by atoms with Gasteiger partial charge in [-0.3, -0.25) is 4.79 Å². The van der Waals surface area contributed by atoms with Crippen LogP contribution in [-0.4, -0.2) is 21.4 Å². The summed E-state index contributed by atoms with van der Waals surface area (Å²) in [6, 6.07) is 14.6. The number of benzene rings is 2. The molecule has 0 radical (unpaired) electrons. The summed E-state index contributed by atoms with van der Waals surface area (Å²) in [7, 11) is 0. The average Bonchev–Trinajstić information content (AvgIpc) is 3.14. The monoisotopic (exact) mass is 348 g/mol. The Hall–Kier alpha value is -3.41. The lowest BCUT2D eigenvalue weighted by molar-refractivity contribution is 0.101. The molecule has 6 nitrogen and oxygen atoms in total. The molecule has 3 aromatic rings. The van der Waals surface area contributed by atoms with E-state index in [2.05, 4.69) is 21.7 Å². The van der Waals surface area contributed by atoms with Crippen LogP contribution >= 0.6 is 0 Å². The van der Waals surface area contributed by atoms with E-state index >= 15 is 0 Å². The molecule has 0 spiro atoms. The van der Waals surface area contributed by atoms with E-state index < -0.39 is 0 Å². The van der Waals surface area contributed by atoms with Gasteiger partial charge in [0.05, 0.1) is 6.33 Å². The zero-order valence-electron chi connectivity index (χ0n) is 14.5. The number of urea groups is 1. The molecule has 2 N–H and O–H groups in total. The number of nitrogens with one attached hydrogen (secondary N) is 2. The molecule has 0 atom stereocenters. The molecular weight excluding hydrogens is 328 g/mol. The van der Waals surface area contributed by atoms with Gasteiger partial charge in [-0.05, 0) is 42.3 Å². The minimum Gasteiger partial charge on any atom is -0.334 e. The van der Waals surface area contributed by atoms with Gasteiger partial charge in [0.1, 0.15) is 0 Å². The highest BCUT2D eigenvalue weighted by Crippen LogP contribution is 2.10. The van der Waals surface area contributed by atoms with E-state index in [0.717, 1.165) is 17.7 Å². The maximum atomic E-state index is 12.0. The second-order valence-electron chi connectivity index (χ2n) is 6.00. The van der Waals surface area contributed by atoms with Crippen molar-refractivity contribution in [3.05, 3.63) is 83.9 Å². The lowest BCUT2D eigenvalue weighted by atomic mass is 10.1. The molecule has 0 aliphatic rings. The number of rotatable bonds is 6. The van der Waals surface area contributed by atoms with E-state index in [-0.39, 0.29) is 11.8 Å². The summed E-state index contributed by atoms with van der Waals surface area (Å²) < 4.78 is 1.99. The fraction of sp³-hybridized carbons (Fsp3) is 0.150. The molecule has 1 aromatic heterocycles. The highest BCUT2D eigenvalue weighted by Gasteiger charge is 2.04. The lowest BCUT2D eigenvalue weighted by Crippen LogP contribution is -2.28. The molecule has 0 unspecified atom stereocenters. The first-order valence-electron chi connectivity index (χ1n) is 8.29. The molecule has 2 amide bonds. The van der Waals surface area contributed by atoms with Crippen LogP contribution in [0.3, 0.4) is 0 Å². The number of nitrogens with zero attached hydrogens (tertiary/aromatic N) is 2. The molecule has 0 aliphatic carbocycles. The maximum Gasteiger partial charge on any atom is 0.319 e. The summed E-state index contributed by atoms with van der Waals surface area (Å²) in [5, 5.41) is 5.59. The van der Waals surface area contributed by atoms with Crippen LogP contribution in [0.25, 0.3) is 0 Å². The van der Waals surface area contributed by atoms with Gasteiger partial charge in [0.2, 0.25) is 0 Å². The Kier molecular flexibility index (Phi) is 5.43. The van der Waals surface area contributed by atoms with E-state index in [9.17, 15) is 9.59 Å². The van der Waals surface area contributed by atoms with E-state index in [4.69, 9.17) is 0 Å². The zero-order chi connectivity index (χ0) is 18.4. The van der Waals surface area contributed by atoms with Crippen molar-refractivity contribution in [2.24, 2.45) is 0 Å². The normalized spacial score (nSPS) is 10.3. The smallest absolute Gasteiger partial charge is 0.319 e. The lowest BCUT2D eigenvalue weighted by Gasteiger charge is -2.09. The quantitative estimate of drug-likeness (QED) is 0.670. The predicted molar refractivity (Wildman–Crippen MR) is 100 cm³/mol. The predicted octanol–water partition coefficient (Wildman–Crippen LogP) is 3.46. The summed E-state index contributed by atoms with van der Waals surface area (Å²) in [6.07, 6.45) is 5.43. The van der Waals surface area contributed by atoms with E-state index in [0.29, 0.717) is 17.8 Å². The Labute approximate surface area is 151 Å². The van der Waals surface area contributed by atoms with Gasteiger partial charge in [0.25, 0.3) is 0 Å². The van der Waals surface area contributed by atoms with Gasteiger partial charge in [-0.25, -0.2) is 9.78 Å². The number of hydrogen-bond acceptors (Lipinski definition) is 3. The van der Waals surface area contributed by atoms with Crippen molar-refractivity contribution in [1.82, 2.24) is 14.9 Å². The Balaban J connectivity index is 1.53. The number of ketones is 1. The standard InChI is InChI=1S/C20H20N4O2/c1-15(25)18-5-7-19(8-6-18)23-20(26)22-12-16-3-2-4-17(11-16)13-24-10-9-21-14-24/h2-11,14H,12-13H2,1H3,(H2,22,23,26). The van der Waals surface area contributed by atoms with Gasteiger partial charge in [-0.2, -0.15) is 0 Å². The summed E-state index contributed by atoms with van der Waals surface area (Å²) in [5.74, 6) is -0.00317. The summed E-state index contributed by atoms with van der Waals surface area (Å²) in [5.41, 5.74) is 3.42. The van der Waals surface area contributed by atoms with Gasteiger partial charge in [0.15, 0.2) is 5.78 Å². The van der Waals surface area contributed by atoms with Crippen molar-refractivity contribution in [2.45, 2.75) is 20.0 Å². The number of carbonyl (C=O) groups excluding carboxylic acids is 2. The second kappa shape index (κ2) is 8.11. The molecule has 3 rings (SSSR count). The number of anilines is 1. The highest BCUT2D eigenvalue weighted by atomic mass is 16.2. The molecule has 26 heavy (non-hydrogen) atoms. The van der Waals surface area contributed by atoms with Crippen LogP contribution in [0.5, 0.6) is 0 Å². The molecular formula is C20H20N4O2. The minimum atomic E-state index is -0.291. The largest absolute Gasteiger partial charge is 0.334 e. The van der Waals surface area contributed by atoms with Crippen LogP contribution in [0.4, 0.5) is 10.5 Å². The van der Waals surface area contributed by atoms with Crippen molar-refractivity contribution in [2.75, 3.05) is 5.32 Å². The van der Waals surface area contributed by atoms with Crippen LogP contribution in [0.1, 0.15) is 28.4 Å². The molecule has 0 fully saturated rings. The number of carbonyl (C=O) groups is 2. The van der Waals surface area contributed by atoms with Gasteiger partial charge in [-0.15, -0.1) is 0 Å². The molecule has 6 heteroatoms. The third-order valence-corrected chi connectivity index (χ3v) is 3.92. The molecule has 0 saturated carbocycles. The fourth-order valence-corrected chi connectivity index (χ4v) is 2.57. The first-order valence-corrected chi connectivity index (χ1v) is 8.29. The maximum absolute atomic E-state index is 12.0. The van der Waals surface area contributed by atoms with Crippen molar-refractivity contribution in [3.8, 4) is 0 Å². The van der Waals surface area contributed by atoms with Gasteiger partial charge in [0, 0.05) is 36.7 Å². The topological polar surface area (TPSA) is 76.0 Å². The Morgan fingerprint density at radius 2 is 1.85 bits per heavy atom.